The van der Waals surface area contributed by atoms with Gasteiger partial charge in [0.25, 0.3) is 0 Å². The van der Waals surface area contributed by atoms with Gasteiger partial charge < -0.3 is 5.32 Å². The maximum atomic E-state index is 9.21. The number of hydrogen-bond donors (Lipinski definition) is 1. The fourth-order valence-corrected chi connectivity index (χ4v) is 4.94. The van der Waals surface area contributed by atoms with Gasteiger partial charge in [0.1, 0.15) is 12.1 Å². The Balaban J connectivity index is 1.66. The molecule has 0 unspecified atom stereocenters. The summed E-state index contributed by atoms with van der Waals surface area (Å²) in [4.78, 5) is 14.6. The van der Waals surface area contributed by atoms with E-state index in [9.17, 15) is 5.26 Å². The number of thiazole rings is 1. The second kappa shape index (κ2) is 6.25. The van der Waals surface area contributed by atoms with Gasteiger partial charge in [0.2, 0.25) is 0 Å². The molecule has 1 fully saturated rings. The highest BCUT2D eigenvalue weighted by molar-refractivity contribution is 7.15. The third kappa shape index (κ3) is 2.70. The Morgan fingerprint density at radius 1 is 1.30 bits per heavy atom. The van der Waals surface area contributed by atoms with Gasteiger partial charge in [-0.25, -0.2) is 15.0 Å². The lowest BCUT2D eigenvalue weighted by molar-refractivity contribution is 0.438. The summed E-state index contributed by atoms with van der Waals surface area (Å²) in [6, 6.07) is 2.36. The molecule has 2 aromatic rings. The smallest absolute Gasteiger partial charge is 0.133 e. The Labute approximate surface area is 139 Å². The molecule has 0 radical (unpaired) electrons. The van der Waals surface area contributed by atoms with E-state index >= 15 is 0 Å². The van der Waals surface area contributed by atoms with Gasteiger partial charge in [0, 0.05) is 30.6 Å². The molecule has 1 N–H and O–H groups in total. The quantitative estimate of drug-likeness (QED) is 0.926. The normalized spacial score (nSPS) is 18.4. The number of nitrogens with one attached hydrogen (secondary N) is 1. The molecule has 0 aromatic carbocycles. The zero-order chi connectivity index (χ0) is 15.6. The van der Waals surface area contributed by atoms with Crippen molar-refractivity contribution in [2.24, 2.45) is 5.92 Å². The molecule has 4 rings (SSSR count). The first-order chi connectivity index (χ1) is 11.4. The highest BCUT2D eigenvalue weighted by atomic mass is 32.1. The molecular weight excluding hydrogens is 306 g/mol. The Kier molecular flexibility index (Phi) is 3.96. The van der Waals surface area contributed by atoms with E-state index in [1.165, 1.54) is 31.2 Å². The van der Waals surface area contributed by atoms with Crippen LogP contribution in [0.2, 0.25) is 0 Å². The lowest BCUT2D eigenvalue weighted by Crippen LogP contribution is -2.08. The van der Waals surface area contributed by atoms with E-state index in [0.717, 1.165) is 34.4 Å². The minimum atomic E-state index is 0.286. The summed E-state index contributed by atoms with van der Waals surface area (Å²) in [6.07, 6.45) is 10.1. The lowest BCUT2D eigenvalue weighted by Gasteiger charge is -2.18. The van der Waals surface area contributed by atoms with Crippen LogP contribution in [0.15, 0.2) is 12.5 Å². The highest BCUT2D eigenvalue weighted by Gasteiger charge is 2.29. The molecule has 23 heavy (non-hydrogen) atoms. The van der Waals surface area contributed by atoms with E-state index in [1.54, 1.807) is 17.7 Å². The van der Waals surface area contributed by atoms with Crippen LogP contribution in [0.3, 0.4) is 0 Å². The van der Waals surface area contributed by atoms with Crippen molar-refractivity contribution in [1.82, 2.24) is 15.0 Å². The number of fused-ring (bicyclic) bond motifs is 1. The summed E-state index contributed by atoms with van der Waals surface area (Å²) in [6.45, 7) is 0.922. The van der Waals surface area contributed by atoms with E-state index in [-0.39, 0.29) is 5.92 Å². The van der Waals surface area contributed by atoms with Crippen LogP contribution in [0, 0.1) is 17.2 Å². The zero-order valence-corrected chi connectivity index (χ0v) is 13.8. The van der Waals surface area contributed by atoms with Gasteiger partial charge in [-0.05, 0) is 25.2 Å². The van der Waals surface area contributed by atoms with E-state index in [2.05, 4.69) is 26.3 Å². The number of nitriles is 1. The van der Waals surface area contributed by atoms with Crippen LogP contribution >= 0.6 is 11.3 Å². The Morgan fingerprint density at radius 2 is 2.17 bits per heavy atom. The molecule has 6 heteroatoms. The SMILES string of the molecule is N#CC[C@@H](c1ncc(-c2ncnc3c2CCN3)s1)C1CCCC1. The van der Waals surface area contributed by atoms with Crippen LogP contribution in [-0.2, 0) is 6.42 Å². The average molecular weight is 325 g/mol. The van der Waals surface area contributed by atoms with Crippen LogP contribution in [-0.4, -0.2) is 21.5 Å². The molecular formula is C17H19N5S. The van der Waals surface area contributed by atoms with Crippen LogP contribution < -0.4 is 5.32 Å². The van der Waals surface area contributed by atoms with Crippen molar-refractivity contribution in [2.75, 3.05) is 11.9 Å². The van der Waals surface area contributed by atoms with Gasteiger partial charge in [0.15, 0.2) is 0 Å². The number of rotatable bonds is 4. The predicted octanol–water partition coefficient (Wildman–Crippen LogP) is 3.76. The standard InChI is InChI=1S/C17H19N5S/c18-7-5-12(11-3-1-2-4-11)17-20-9-14(23-17)15-13-6-8-19-16(13)22-10-21-15/h9-12H,1-6,8H2,(H,19,21,22)/t12-/m1/s1. The van der Waals surface area contributed by atoms with Crippen molar-refractivity contribution in [2.45, 2.75) is 44.4 Å². The lowest BCUT2D eigenvalue weighted by atomic mass is 9.89. The van der Waals surface area contributed by atoms with Crippen molar-refractivity contribution in [3.8, 4) is 16.6 Å². The summed E-state index contributed by atoms with van der Waals surface area (Å²) in [5.74, 6) is 1.86. The second-order valence-electron chi connectivity index (χ2n) is 6.30. The van der Waals surface area contributed by atoms with Crippen LogP contribution in [0.1, 0.15) is 48.6 Å². The minimum Gasteiger partial charge on any atom is -0.369 e. The third-order valence-electron chi connectivity index (χ3n) is 4.97. The monoisotopic (exact) mass is 325 g/mol. The highest BCUT2D eigenvalue weighted by Crippen LogP contribution is 2.42. The first-order valence-electron chi connectivity index (χ1n) is 8.27. The van der Waals surface area contributed by atoms with Gasteiger partial charge >= 0.3 is 0 Å². The molecule has 3 heterocycles. The molecule has 0 saturated heterocycles. The number of anilines is 1. The Hall–Kier alpha value is -2.00. The Bertz CT molecular complexity index is 742. The maximum absolute atomic E-state index is 9.21. The van der Waals surface area contributed by atoms with Gasteiger partial charge in [-0.1, -0.05) is 12.8 Å². The number of hydrogen-bond acceptors (Lipinski definition) is 6. The molecule has 0 spiro atoms. The summed E-state index contributed by atoms with van der Waals surface area (Å²) in [5, 5.41) is 13.6. The molecule has 0 amide bonds. The average Bonchev–Trinajstić information content (AvgIpc) is 3.32. The van der Waals surface area contributed by atoms with E-state index in [0.29, 0.717) is 12.3 Å². The molecule has 2 aromatic heterocycles. The molecule has 2 aliphatic rings. The molecule has 1 aliphatic heterocycles. The van der Waals surface area contributed by atoms with Crippen molar-refractivity contribution >= 4 is 17.2 Å². The summed E-state index contributed by atoms with van der Waals surface area (Å²) >= 11 is 1.71. The van der Waals surface area contributed by atoms with Crippen LogP contribution in [0.25, 0.3) is 10.6 Å². The summed E-state index contributed by atoms with van der Waals surface area (Å²) in [7, 11) is 0. The number of nitrogens with zero attached hydrogens (tertiary/aromatic N) is 4. The van der Waals surface area contributed by atoms with Gasteiger partial charge in [0.05, 0.1) is 21.6 Å². The second-order valence-corrected chi connectivity index (χ2v) is 7.36. The maximum Gasteiger partial charge on any atom is 0.133 e. The van der Waals surface area contributed by atoms with Gasteiger partial charge in [-0.3, -0.25) is 0 Å². The van der Waals surface area contributed by atoms with Crippen molar-refractivity contribution in [1.29, 1.82) is 5.26 Å². The first-order valence-corrected chi connectivity index (χ1v) is 9.09. The van der Waals surface area contributed by atoms with Crippen molar-refractivity contribution < 1.29 is 0 Å². The van der Waals surface area contributed by atoms with E-state index in [4.69, 9.17) is 0 Å². The van der Waals surface area contributed by atoms with E-state index in [1.807, 2.05) is 6.20 Å². The van der Waals surface area contributed by atoms with Crippen molar-refractivity contribution in [3.05, 3.63) is 23.1 Å². The molecule has 1 atom stereocenters. The largest absolute Gasteiger partial charge is 0.369 e. The van der Waals surface area contributed by atoms with E-state index < -0.39 is 0 Å². The van der Waals surface area contributed by atoms with Gasteiger partial charge in [-0.2, -0.15) is 5.26 Å². The van der Waals surface area contributed by atoms with Crippen LogP contribution in [0.4, 0.5) is 5.82 Å². The van der Waals surface area contributed by atoms with Crippen molar-refractivity contribution in [3.63, 3.8) is 0 Å². The molecule has 1 saturated carbocycles. The number of aromatic nitrogens is 3. The zero-order valence-electron chi connectivity index (χ0n) is 13.0. The summed E-state index contributed by atoms with van der Waals surface area (Å²) < 4.78 is 0. The van der Waals surface area contributed by atoms with Gasteiger partial charge in [-0.15, -0.1) is 11.3 Å². The topological polar surface area (TPSA) is 74.5 Å². The molecule has 118 valence electrons. The molecule has 0 bridgehead atoms. The fourth-order valence-electron chi connectivity index (χ4n) is 3.80. The molecule has 5 nitrogen and oxygen atoms in total. The minimum absolute atomic E-state index is 0.286. The third-order valence-corrected chi connectivity index (χ3v) is 6.10. The Morgan fingerprint density at radius 3 is 3.00 bits per heavy atom. The fraction of sp³-hybridized carbons (Fsp3) is 0.529. The summed E-state index contributed by atoms with van der Waals surface area (Å²) in [5.41, 5.74) is 2.20. The first kappa shape index (κ1) is 14.6. The predicted molar refractivity (Wildman–Crippen MR) is 90.3 cm³/mol. The van der Waals surface area contributed by atoms with Crippen LogP contribution in [0.5, 0.6) is 0 Å². The molecule has 1 aliphatic carbocycles.